The zero-order chi connectivity index (χ0) is 13.0. The number of anilines is 1. The molecule has 1 fully saturated rings. The van der Waals surface area contributed by atoms with Crippen LogP contribution in [0.25, 0.3) is 0 Å². The number of aromatic nitrogens is 1. The van der Waals surface area contributed by atoms with E-state index in [0.717, 1.165) is 31.6 Å². The van der Waals surface area contributed by atoms with Crippen molar-refractivity contribution in [2.45, 2.75) is 38.6 Å². The number of hydrogen-bond acceptors (Lipinski definition) is 3. The number of carbonyl (C=O) groups is 1. The molecular formula is C14H21N3O. The maximum Gasteiger partial charge on any atom is 0.255 e. The molecule has 0 spiro atoms. The Balaban J connectivity index is 2.13. The number of rotatable bonds is 3. The molecule has 98 valence electrons. The number of nitrogens with zero attached hydrogens (tertiary/aromatic N) is 2. The summed E-state index contributed by atoms with van der Waals surface area (Å²) in [4.78, 5) is 18.7. The van der Waals surface area contributed by atoms with Gasteiger partial charge in [0, 0.05) is 25.8 Å². The van der Waals surface area contributed by atoms with Gasteiger partial charge in [-0.1, -0.05) is 6.92 Å². The highest BCUT2D eigenvalue weighted by molar-refractivity contribution is 5.94. The second-order valence-corrected chi connectivity index (χ2v) is 4.74. The van der Waals surface area contributed by atoms with E-state index in [2.05, 4.69) is 17.2 Å². The van der Waals surface area contributed by atoms with Gasteiger partial charge in [-0.15, -0.1) is 0 Å². The SMILES string of the molecule is CCC1CCCCN1C(=O)c1ccc(NC)nc1. The zero-order valence-electron chi connectivity index (χ0n) is 11.1. The van der Waals surface area contributed by atoms with Crippen LogP contribution in [0.15, 0.2) is 18.3 Å². The van der Waals surface area contributed by atoms with Crippen LogP contribution in [-0.4, -0.2) is 35.4 Å². The minimum Gasteiger partial charge on any atom is -0.373 e. The molecule has 18 heavy (non-hydrogen) atoms. The van der Waals surface area contributed by atoms with Crippen LogP contribution >= 0.6 is 0 Å². The molecule has 1 N–H and O–H groups in total. The first-order valence-corrected chi connectivity index (χ1v) is 6.71. The molecule has 1 amide bonds. The fourth-order valence-corrected chi connectivity index (χ4v) is 2.53. The topological polar surface area (TPSA) is 45.2 Å². The quantitative estimate of drug-likeness (QED) is 0.892. The Morgan fingerprint density at radius 1 is 1.50 bits per heavy atom. The molecule has 1 aliphatic rings. The van der Waals surface area contributed by atoms with Gasteiger partial charge in [0.25, 0.3) is 5.91 Å². The van der Waals surface area contributed by atoms with E-state index in [1.165, 1.54) is 6.42 Å². The van der Waals surface area contributed by atoms with Crippen molar-refractivity contribution in [1.82, 2.24) is 9.88 Å². The number of amides is 1. The van der Waals surface area contributed by atoms with Gasteiger partial charge >= 0.3 is 0 Å². The minimum absolute atomic E-state index is 0.122. The molecule has 1 aromatic heterocycles. The van der Waals surface area contributed by atoms with Crippen molar-refractivity contribution in [2.24, 2.45) is 0 Å². The summed E-state index contributed by atoms with van der Waals surface area (Å²) in [7, 11) is 1.82. The van der Waals surface area contributed by atoms with Crippen molar-refractivity contribution in [3.8, 4) is 0 Å². The second kappa shape index (κ2) is 5.85. The van der Waals surface area contributed by atoms with E-state index in [1.54, 1.807) is 6.20 Å². The van der Waals surface area contributed by atoms with Crippen LogP contribution in [0, 0.1) is 0 Å². The van der Waals surface area contributed by atoms with Gasteiger partial charge in [0.15, 0.2) is 0 Å². The number of piperidine rings is 1. The molecule has 0 saturated carbocycles. The van der Waals surface area contributed by atoms with Crippen LogP contribution in [0.1, 0.15) is 43.0 Å². The van der Waals surface area contributed by atoms with Gasteiger partial charge in [0.1, 0.15) is 5.82 Å². The van der Waals surface area contributed by atoms with E-state index >= 15 is 0 Å². The lowest BCUT2D eigenvalue weighted by Crippen LogP contribution is -2.43. The van der Waals surface area contributed by atoms with E-state index in [-0.39, 0.29) is 5.91 Å². The number of likely N-dealkylation sites (tertiary alicyclic amines) is 1. The fourth-order valence-electron chi connectivity index (χ4n) is 2.53. The average molecular weight is 247 g/mol. The molecule has 1 unspecified atom stereocenters. The molecule has 0 bridgehead atoms. The van der Waals surface area contributed by atoms with Crippen molar-refractivity contribution < 1.29 is 4.79 Å². The smallest absolute Gasteiger partial charge is 0.255 e. The molecule has 4 heteroatoms. The van der Waals surface area contributed by atoms with Gasteiger partial charge in [-0.2, -0.15) is 0 Å². The van der Waals surface area contributed by atoms with Crippen molar-refractivity contribution >= 4 is 11.7 Å². The summed E-state index contributed by atoms with van der Waals surface area (Å²) < 4.78 is 0. The molecule has 0 radical (unpaired) electrons. The Labute approximate surface area is 108 Å². The molecule has 0 aliphatic carbocycles. The third kappa shape index (κ3) is 2.63. The number of hydrogen-bond donors (Lipinski definition) is 1. The summed E-state index contributed by atoms with van der Waals surface area (Å²) in [5.41, 5.74) is 0.689. The lowest BCUT2D eigenvalue weighted by atomic mass is 9.99. The number of carbonyl (C=O) groups excluding carboxylic acids is 1. The van der Waals surface area contributed by atoms with E-state index in [1.807, 2.05) is 24.1 Å². The first-order valence-electron chi connectivity index (χ1n) is 6.71. The molecule has 1 aromatic rings. The summed E-state index contributed by atoms with van der Waals surface area (Å²) in [6.07, 6.45) is 6.18. The van der Waals surface area contributed by atoms with Crippen LogP contribution in [0.3, 0.4) is 0 Å². The van der Waals surface area contributed by atoms with Crippen LogP contribution < -0.4 is 5.32 Å². The van der Waals surface area contributed by atoms with Crippen LogP contribution in [0.2, 0.25) is 0 Å². The van der Waals surface area contributed by atoms with E-state index in [0.29, 0.717) is 11.6 Å². The summed E-state index contributed by atoms with van der Waals surface area (Å²) >= 11 is 0. The Kier molecular flexibility index (Phi) is 4.18. The molecule has 1 atom stereocenters. The lowest BCUT2D eigenvalue weighted by Gasteiger charge is -2.35. The predicted molar refractivity (Wildman–Crippen MR) is 72.8 cm³/mol. The van der Waals surface area contributed by atoms with Gasteiger partial charge in [-0.05, 0) is 37.8 Å². The molecule has 0 aromatic carbocycles. The second-order valence-electron chi connectivity index (χ2n) is 4.74. The third-order valence-electron chi connectivity index (χ3n) is 3.63. The van der Waals surface area contributed by atoms with Crippen molar-refractivity contribution in [1.29, 1.82) is 0 Å². The largest absolute Gasteiger partial charge is 0.373 e. The Morgan fingerprint density at radius 3 is 2.94 bits per heavy atom. The highest BCUT2D eigenvalue weighted by Gasteiger charge is 2.26. The van der Waals surface area contributed by atoms with Crippen molar-refractivity contribution in [3.05, 3.63) is 23.9 Å². The summed E-state index contributed by atoms with van der Waals surface area (Å²) in [6.45, 7) is 3.03. The van der Waals surface area contributed by atoms with Crippen LogP contribution in [0.5, 0.6) is 0 Å². The van der Waals surface area contributed by atoms with Gasteiger partial charge < -0.3 is 10.2 Å². The average Bonchev–Trinajstić information content (AvgIpc) is 2.46. The van der Waals surface area contributed by atoms with Crippen molar-refractivity contribution in [2.75, 3.05) is 18.9 Å². The first kappa shape index (κ1) is 12.9. The van der Waals surface area contributed by atoms with Gasteiger partial charge in [-0.3, -0.25) is 4.79 Å². The monoisotopic (exact) mass is 247 g/mol. The van der Waals surface area contributed by atoms with Gasteiger partial charge in [0.2, 0.25) is 0 Å². The summed E-state index contributed by atoms with van der Waals surface area (Å²) in [6, 6.07) is 4.09. The molecular weight excluding hydrogens is 226 g/mol. The lowest BCUT2D eigenvalue weighted by molar-refractivity contribution is 0.0607. The molecule has 2 heterocycles. The number of nitrogens with one attached hydrogen (secondary N) is 1. The first-order chi connectivity index (χ1) is 8.76. The fraction of sp³-hybridized carbons (Fsp3) is 0.571. The molecule has 1 aliphatic heterocycles. The summed E-state index contributed by atoms with van der Waals surface area (Å²) in [5, 5.41) is 2.96. The van der Waals surface area contributed by atoms with E-state index < -0.39 is 0 Å². The molecule has 4 nitrogen and oxygen atoms in total. The molecule has 1 saturated heterocycles. The Bertz CT molecular complexity index is 402. The Hall–Kier alpha value is -1.58. The molecule has 2 rings (SSSR count). The zero-order valence-corrected chi connectivity index (χ0v) is 11.1. The highest BCUT2D eigenvalue weighted by atomic mass is 16.2. The summed E-state index contributed by atoms with van der Waals surface area (Å²) in [5.74, 6) is 0.911. The van der Waals surface area contributed by atoms with Gasteiger partial charge in [0.05, 0.1) is 5.56 Å². The van der Waals surface area contributed by atoms with Crippen LogP contribution in [0.4, 0.5) is 5.82 Å². The third-order valence-corrected chi connectivity index (χ3v) is 3.63. The van der Waals surface area contributed by atoms with Crippen molar-refractivity contribution in [3.63, 3.8) is 0 Å². The maximum atomic E-state index is 12.4. The van der Waals surface area contributed by atoms with E-state index in [9.17, 15) is 4.79 Å². The minimum atomic E-state index is 0.122. The number of pyridine rings is 1. The highest BCUT2D eigenvalue weighted by Crippen LogP contribution is 2.21. The van der Waals surface area contributed by atoms with Gasteiger partial charge in [-0.25, -0.2) is 4.98 Å². The van der Waals surface area contributed by atoms with Crippen LogP contribution in [-0.2, 0) is 0 Å². The maximum absolute atomic E-state index is 12.4. The van der Waals surface area contributed by atoms with E-state index in [4.69, 9.17) is 0 Å². The normalized spacial score (nSPS) is 19.7. The standard InChI is InChI=1S/C14H21N3O/c1-3-12-6-4-5-9-17(12)14(18)11-7-8-13(15-2)16-10-11/h7-8,10,12H,3-6,9H2,1-2H3,(H,15,16). The Morgan fingerprint density at radius 2 is 2.33 bits per heavy atom. The predicted octanol–water partition coefficient (Wildman–Crippen LogP) is 2.53.